The van der Waals surface area contributed by atoms with Gasteiger partial charge in [0.1, 0.15) is 5.82 Å². The minimum Gasteiger partial charge on any atom is -0.322 e. The van der Waals surface area contributed by atoms with Crippen LogP contribution in [0.4, 0.5) is 5.69 Å². The lowest BCUT2D eigenvalue weighted by Crippen LogP contribution is -2.11. The second kappa shape index (κ2) is 6.87. The maximum atomic E-state index is 12.3. The quantitative estimate of drug-likeness (QED) is 0.649. The third-order valence-corrected chi connectivity index (χ3v) is 4.02. The van der Waals surface area contributed by atoms with Crippen molar-refractivity contribution in [2.24, 2.45) is 0 Å². The van der Waals surface area contributed by atoms with Crippen LogP contribution in [0.1, 0.15) is 16.2 Å². The zero-order chi connectivity index (χ0) is 16.2. The average molecular weight is 415 g/mol. The fourth-order valence-corrected chi connectivity index (χ4v) is 2.54. The molecule has 4 nitrogen and oxygen atoms in total. The van der Waals surface area contributed by atoms with Gasteiger partial charge in [0.05, 0.1) is 5.69 Å². The number of benzene rings is 2. The Morgan fingerprint density at radius 1 is 1.09 bits per heavy atom. The molecule has 0 spiro atoms. The van der Waals surface area contributed by atoms with Gasteiger partial charge in [-0.05, 0) is 72.0 Å². The minimum atomic E-state index is -0.127. The molecule has 5 heteroatoms. The van der Waals surface area contributed by atoms with Crippen molar-refractivity contribution in [1.29, 1.82) is 0 Å². The van der Waals surface area contributed by atoms with Gasteiger partial charge in [0.2, 0.25) is 0 Å². The molecule has 1 amide bonds. The van der Waals surface area contributed by atoms with E-state index in [9.17, 15) is 4.79 Å². The molecule has 0 aliphatic carbocycles. The molecule has 1 N–H and O–H groups in total. The Hall–Kier alpha value is -2.28. The van der Waals surface area contributed by atoms with E-state index in [0.717, 1.165) is 26.3 Å². The molecular formula is C18H14IN3O. The maximum absolute atomic E-state index is 12.3. The van der Waals surface area contributed by atoms with Gasteiger partial charge in [-0.2, -0.15) is 0 Å². The number of halogens is 1. The number of hydrogen-bond acceptors (Lipinski definition) is 3. The highest BCUT2D eigenvalue weighted by atomic mass is 127. The summed E-state index contributed by atoms with van der Waals surface area (Å²) in [6, 6.07) is 16.9. The van der Waals surface area contributed by atoms with E-state index in [4.69, 9.17) is 0 Å². The van der Waals surface area contributed by atoms with Crippen molar-refractivity contribution in [2.75, 3.05) is 5.32 Å². The molecule has 0 atom stereocenters. The van der Waals surface area contributed by atoms with E-state index in [1.165, 1.54) is 0 Å². The molecule has 0 aliphatic rings. The number of hydrogen-bond donors (Lipinski definition) is 1. The van der Waals surface area contributed by atoms with E-state index < -0.39 is 0 Å². The molecule has 0 aliphatic heterocycles. The van der Waals surface area contributed by atoms with Crippen LogP contribution in [0.2, 0.25) is 0 Å². The van der Waals surface area contributed by atoms with Crippen LogP contribution in [0, 0.1) is 10.5 Å². The molecule has 3 aromatic rings. The van der Waals surface area contributed by atoms with E-state index in [1.807, 2.05) is 61.5 Å². The smallest absolute Gasteiger partial charge is 0.255 e. The Kier molecular flexibility index (Phi) is 4.66. The molecule has 0 fully saturated rings. The van der Waals surface area contributed by atoms with Gasteiger partial charge >= 0.3 is 0 Å². The SMILES string of the molecule is Cc1nccc(-c2cccc(NC(=O)c3ccc(I)cc3)c2)n1. The van der Waals surface area contributed by atoms with E-state index in [0.29, 0.717) is 5.56 Å². The monoisotopic (exact) mass is 415 g/mol. The lowest BCUT2D eigenvalue weighted by atomic mass is 10.1. The second-order valence-corrected chi connectivity index (χ2v) is 6.28. The highest BCUT2D eigenvalue weighted by molar-refractivity contribution is 14.1. The number of nitrogens with one attached hydrogen (secondary N) is 1. The first-order valence-electron chi connectivity index (χ1n) is 7.09. The van der Waals surface area contributed by atoms with Crippen LogP contribution in [-0.4, -0.2) is 15.9 Å². The highest BCUT2D eigenvalue weighted by Crippen LogP contribution is 2.21. The third kappa shape index (κ3) is 3.92. The number of nitrogens with zero attached hydrogens (tertiary/aromatic N) is 2. The Bertz CT molecular complexity index is 847. The summed E-state index contributed by atoms with van der Waals surface area (Å²) < 4.78 is 1.10. The topological polar surface area (TPSA) is 54.9 Å². The Morgan fingerprint density at radius 3 is 2.61 bits per heavy atom. The summed E-state index contributed by atoms with van der Waals surface area (Å²) in [4.78, 5) is 20.8. The molecule has 0 saturated carbocycles. The van der Waals surface area contributed by atoms with Gasteiger partial charge in [-0.3, -0.25) is 4.79 Å². The molecule has 23 heavy (non-hydrogen) atoms. The molecule has 0 bridgehead atoms. The first kappa shape index (κ1) is 15.6. The predicted octanol–water partition coefficient (Wildman–Crippen LogP) is 4.31. The third-order valence-electron chi connectivity index (χ3n) is 3.30. The molecule has 3 rings (SSSR count). The first-order chi connectivity index (χ1) is 11.1. The van der Waals surface area contributed by atoms with E-state index in [1.54, 1.807) is 6.20 Å². The summed E-state index contributed by atoms with van der Waals surface area (Å²) >= 11 is 2.21. The molecule has 1 aromatic heterocycles. The van der Waals surface area contributed by atoms with Gasteiger partial charge in [-0.1, -0.05) is 12.1 Å². The first-order valence-corrected chi connectivity index (χ1v) is 8.17. The van der Waals surface area contributed by atoms with Crippen LogP contribution >= 0.6 is 22.6 Å². The van der Waals surface area contributed by atoms with Gasteiger partial charge < -0.3 is 5.32 Å². The molecule has 0 radical (unpaired) electrons. The number of anilines is 1. The molecule has 0 saturated heterocycles. The fraction of sp³-hybridized carbons (Fsp3) is 0.0556. The summed E-state index contributed by atoms with van der Waals surface area (Å²) in [7, 11) is 0. The number of rotatable bonds is 3. The minimum absolute atomic E-state index is 0.127. The van der Waals surface area contributed by atoms with E-state index in [-0.39, 0.29) is 5.91 Å². The maximum Gasteiger partial charge on any atom is 0.255 e. The number of amides is 1. The lowest BCUT2D eigenvalue weighted by Gasteiger charge is -2.08. The van der Waals surface area contributed by atoms with Gasteiger partial charge in [-0.15, -0.1) is 0 Å². The van der Waals surface area contributed by atoms with Crippen molar-refractivity contribution < 1.29 is 4.79 Å². The zero-order valence-electron chi connectivity index (χ0n) is 12.5. The van der Waals surface area contributed by atoms with E-state index in [2.05, 4.69) is 37.9 Å². The summed E-state index contributed by atoms with van der Waals surface area (Å²) in [5.74, 6) is 0.591. The Balaban J connectivity index is 1.82. The summed E-state index contributed by atoms with van der Waals surface area (Å²) in [6.45, 7) is 1.85. The van der Waals surface area contributed by atoms with Gasteiger partial charge in [0.25, 0.3) is 5.91 Å². The molecule has 1 heterocycles. The molecule has 0 unspecified atom stereocenters. The largest absolute Gasteiger partial charge is 0.322 e. The van der Waals surface area contributed by atoms with Crippen molar-refractivity contribution in [1.82, 2.24) is 9.97 Å². The Morgan fingerprint density at radius 2 is 1.87 bits per heavy atom. The average Bonchev–Trinajstić information content (AvgIpc) is 2.56. The standard InChI is InChI=1S/C18H14IN3O/c1-12-20-10-9-17(21-12)14-3-2-4-16(11-14)22-18(23)13-5-7-15(19)8-6-13/h2-11H,1H3,(H,22,23). The number of aryl methyl sites for hydroxylation is 1. The number of carbonyl (C=O) groups excluding carboxylic acids is 1. The normalized spacial score (nSPS) is 10.3. The van der Waals surface area contributed by atoms with Crippen molar-refractivity contribution in [3.8, 4) is 11.3 Å². The molecule has 114 valence electrons. The zero-order valence-corrected chi connectivity index (χ0v) is 14.6. The summed E-state index contributed by atoms with van der Waals surface area (Å²) in [5, 5.41) is 2.92. The van der Waals surface area contributed by atoms with Gasteiger partial charge in [-0.25, -0.2) is 9.97 Å². The second-order valence-electron chi connectivity index (χ2n) is 5.03. The molecule has 2 aromatic carbocycles. The van der Waals surface area contributed by atoms with Crippen molar-refractivity contribution in [2.45, 2.75) is 6.92 Å². The number of aromatic nitrogens is 2. The van der Waals surface area contributed by atoms with Crippen molar-refractivity contribution >= 4 is 34.2 Å². The van der Waals surface area contributed by atoms with Gasteiger partial charge in [0.15, 0.2) is 0 Å². The van der Waals surface area contributed by atoms with Crippen LogP contribution in [0.5, 0.6) is 0 Å². The predicted molar refractivity (Wildman–Crippen MR) is 99.3 cm³/mol. The van der Waals surface area contributed by atoms with E-state index >= 15 is 0 Å². The summed E-state index contributed by atoms with van der Waals surface area (Å²) in [5.41, 5.74) is 3.15. The van der Waals surface area contributed by atoms with Crippen LogP contribution in [-0.2, 0) is 0 Å². The van der Waals surface area contributed by atoms with Crippen molar-refractivity contribution in [3.63, 3.8) is 0 Å². The van der Waals surface area contributed by atoms with Crippen LogP contribution in [0.15, 0.2) is 60.8 Å². The van der Waals surface area contributed by atoms with Crippen LogP contribution in [0.25, 0.3) is 11.3 Å². The molecular weight excluding hydrogens is 401 g/mol. The lowest BCUT2D eigenvalue weighted by molar-refractivity contribution is 0.102. The van der Waals surface area contributed by atoms with Gasteiger partial charge in [0, 0.05) is 26.6 Å². The number of carbonyl (C=O) groups is 1. The summed E-state index contributed by atoms with van der Waals surface area (Å²) in [6.07, 6.45) is 1.73. The Labute approximate surface area is 148 Å². The fourth-order valence-electron chi connectivity index (χ4n) is 2.18. The highest BCUT2D eigenvalue weighted by Gasteiger charge is 2.07. The van der Waals surface area contributed by atoms with Crippen molar-refractivity contribution in [3.05, 3.63) is 75.8 Å². The van der Waals surface area contributed by atoms with Crippen LogP contribution in [0.3, 0.4) is 0 Å². The van der Waals surface area contributed by atoms with Crippen LogP contribution < -0.4 is 5.32 Å².